The normalized spacial score (nSPS) is 11.6. The Morgan fingerprint density at radius 1 is 0.311 bits per heavy atom. The number of aromatic nitrogens is 3. The van der Waals surface area contributed by atoms with E-state index >= 15 is 0 Å². The molecule has 7 aromatic carbocycles. The summed E-state index contributed by atoms with van der Waals surface area (Å²) in [6, 6.07) is 53.5. The Morgan fingerprint density at radius 2 is 0.822 bits per heavy atom. The zero-order valence-electron chi connectivity index (χ0n) is 24.2. The maximum absolute atomic E-state index is 5.03. The van der Waals surface area contributed by atoms with E-state index in [0.717, 1.165) is 22.1 Å². The first-order valence-corrected chi connectivity index (χ1v) is 15.8. The maximum atomic E-state index is 5.03. The molecule has 0 fully saturated rings. The lowest BCUT2D eigenvalue weighted by Crippen LogP contribution is -2.00. The summed E-state index contributed by atoms with van der Waals surface area (Å²) in [6.07, 6.45) is 0. The minimum Gasteiger partial charge on any atom is -0.208 e. The minimum absolute atomic E-state index is 0.667. The highest BCUT2D eigenvalue weighted by Crippen LogP contribution is 2.39. The molecule has 45 heavy (non-hydrogen) atoms. The zero-order valence-corrected chi connectivity index (χ0v) is 25.0. The summed E-state index contributed by atoms with van der Waals surface area (Å²) in [5, 5.41) is 7.38. The van der Waals surface area contributed by atoms with Crippen molar-refractivity contribution >= 4 is 53.1 Å². The van der Waals surface area contributed by atoms with Crippen molar-refractivity contribution in [1.29, 1.82) is 0 Å². The van der Waals surface area contributed by atoms with Crippen LogP contribution < -0.4 is 0 Å². The summed E-state index contributed by atoms with van der Waals surface area (Å²) in [5.74, 6) is 2.00. The third kappa shape index (κ3) is 4.64. The summed E-state index contributed by atoms with van der Waals surface area (Å²) in [4.78, 5) is 15.0. The number of hydrogen-bond acceptors (Lipinski definition) is 4. The van der Waals surface area contributed by atoms with E-state index in [9.17, 15) is 0 Å². The van der Waals surface area contributed by atoms with Gasteiger partial charge in [0, 0.05) is 36.9 Å². The highest BCUT2D eigenvalue weighted by Gasteiger charge is 2.15. The second-order valence-corrected chi connectivity index (χ2v) is 12.4. The first-order chi connectivity index (χ1) is 22.2. The van der Waals surface area contributed by atoms with Crippen LogP contribution in [0.3, 0.4) is 0 Å². The molecule has 0 radical (unpaired) electrons. The summed E-state index contributed by atoms with van der Waals surface area (Å²) in [7, 11) is 0. The van der Waals surface area contributed by atoms with Crippen LogP contribution in [0.1, 0.15) is 0 Å². The van der Waals surface area contributed by atoms with Crippen molar-refractivity contribution < 1.29 is 0 Å². The van der Waals surface area contributed by atoms with Gasteiger partial charge in [0.25, 0.3) is 0 Å². The van der Waals surface area contributed by atoms with Crippen LogP contribution in [0, 0.1) is 0 Å². The highest BCUT2D eigenvalue weighted by molar-refractivity contribution is 7.25. The highest BCUT2D eigenvalue weighted by atomic mass is 32.1. The number of benzene rings is 7. The van der Waals surface area contributed by atoms with Crippen molar-refractivity contribution in [3.63, 3.8) is 0 Å². The average Bonchev–Trinajstić information content (AvgIpc) is 3.48. The van der Waals surface area contributed by atoms with E-state index in [1.807, 2.05) is 41.7 Å². The van der Waals surface area contributed by atoms with Gasteiger partial charge in [-0.2, -0.15) is 0 Å². The minimum atomic E-state index is 0.667. The number of rotatable bonds is 4. The smallest absolute Gasteiger partial charge is 0.164 e. The van der Waals surface area contributed by atoms with Crippen LogP contribution in [0.25, 0.3) is 87.0 Å². The molecule has 2 heterocycles. The van der Waals surface area contributed by atoms with Crippen LogP contribution in [-0.2, 0) is 0 Å². The topological polar surface area (TPSA) is 38.7 Å². The van der Waals surface area contributed by atoms with Crippen molar-refractivity contribution in [3.05, 3.63) is 152 Å². The molecule has 0 aliphatic rings. The quantitative estimate of drug-likeness (QED) is 0.204. The average molecular weight is 592 g/mol. The molecule has 9 aromatic rings. The number of thiophene rings is 1. The van der Waals surface area contributed by atoms with Gasteiger partial charge in [-0.25, -0.2) is 15.0 Å². The van der Waals surface area contributed by atoms with E-state index in [-0.39, 0.29) is 0 Å². The molecule has 0 saturated carbocycles. The second-order valence-electron chi connectivity index (χ2n) is 11.3. The summed E-state index contributed by atoms with van der Waals surface area (Å²) < 4.78 is 2.48. The van der Waals surface area contributed by atoms with Gasteiger partial charge in [0.15, 0.2) is 17.5 Å². The van der Waals surface area contributed by atoms with E-state index in [1.165, 1.54) is 47.5 Å². The SMILES string of the molecule is c1ccc(-c2nc(-c3ccc4ccccc4c3)nc(-c3ccc4c(c3)sc3ccc(-c5ccc6ccccc6c5)cc34)n2)cc1. The van der Waals surface area contributed by atoms with Gasteiger partial charge in [0.1, 0.15) is 0 Å². The molecule has 3 nitrogen and oxygen atoms in total. The second kappa shape index (κ2) is 10.5. The molecule has 0 unspecified atom stereocenters. The van der Waals surface area contributed by atoms with E-state index in [2.05, 4.69) is 121 Å². The van der Waals surface area contributed by atoms with Crippen molar-refractivity contribution in [3.8, 4) is 45.3 Å². The molecule has 0 spiro atoms. The molecule has 0 saturated heterocycles. The largest absolute Gasteiger partial charge is 0.208 e. The predicted octanol–water partition coefficient (Wildman–Crippen LogP) is 11.2. The molecule has 210 valence electrons. The molecule has 2 aromatic heterocycles. The third-order valence-corrected chi connectivity index (χ3v) is 9.62. The molecule has 9 rings (SSSR count). The lowest BCUT2D eigenvalue weighted by molar-refractivity contribution is 1.08. The molecular formula is C41H25N3S. The van der Waals surface area contributed by atoms with Crippen LogP contribution in [-0.4, -0.2) is 15.0 Å². The first-order valence-electron chi connectivity index (χ1n) is 15.0. The summed E-state index contributed by atoms with van der Waals surface area (Å²) in [6.45, 7) is 0. The Hall–Kier alpha value is -5.71. The summed E-state index contributed by atoms with van der Waals surface area (Å²) in [5.41, 5.74) is 5.37. The van der Waals surface area contributed by atoms with Crippen LogP contribution in [0.2, 0.25) is 0 Å². The molecular weight excluding hydrogens is 567 g/mol. The molecule has 0 aliphatic heterocycles. The van der Waals surface area contributed by atoms with Gasteiger partial charge < -0.3 is 0 Å². The monoisotopic (exact) mass is 591 g/mol. The van der Waals surface area contributed by atoms with Crippen LogP contribution in [0.4, 0.5) is 0 Å². The van der Waals surface area contributed by atoms with Crippen molar-refractivity contribution in [2.45, 2.75) is 0 Å². The van der Waals surface area contributed by atoms with Crippen LogP contribution in [0.15, 0.2) is 152 Å². The number of hydrogen-bond donors (Lipinski definition) is 0. The van der Waals surface area contributed by atoms with E-state index in [4.69, 9.17) is 15.0 Å². The molecule has 0 aliphatic carbocycles. The lowest BCUT2D eigenvalue weighted by atomic mass is 9.99. The molecule has 0 amide bonds. The maximum Gasteiger partial charge on any atom is 0.164 e. The lowest BCUT2D eigenvalue weighted by Gasteiger charge is -2.09. The van der Waals surface area contributed by atoms with Gasteiger partial charge in [-0.1, -0.05) is 121 Å². The molecule has 0 bridgehead atoms. The summed E-state index contributed by atoms with van der Waals surface area (Å²) >= 11 is 1.81. The fourth-order valence-electron chi connectivity index (χ4n) is 6.14. The number of nitrogens with zero attached hydrogens (tertiary/aromatic N) is 3. The van der Waals surface area contributed by atoms with Gasteiger partial charge in [-0.15, -0.1) is 11.3 Å². The zero-order chi connectivity index (χ0) is 29.7. The Labute approximate surface area is 264 Å². The van der Waals surface area contributed by atoms with Gasteiger partial charge in [-0.3, -0.25) is 0 Å². The van der Waals surface area contributed by atoms with Crippen LogP contribution in [0.5, 0.6) is 0 Å². The Kier molecular flexibility index (Phi) is 6.00. The van der Waals surface area contributed by atoms with Gasteiger partial charge in [0.05, 0.1) is 0 Å². The Morgan fingerprint density at radius 3 is 1.53 bits per heavy atom. The van der Waals surface area contributed by atoms with Gasteiger partial charge in [-0.05, 0) is 63.0 Å². The fraction of sp³-hybridized carbons (Fsp3) is 0. The van der Waals surface area contributed by atoms with Crippen LogP contribution >= 0.6 is 11.3 Å². The van der Waals surface area contributed by atoms with Crippen molar-refractivity contribution in [2.24, 2.45) is 0 Å². The predicted molar refractivity (Wildman–Crippen MR) is 189 cm³/mol. The van der Waals surface area contributed by atoms with E-state index in [0.29, 0.717) is 17.5 Å². The van der Waals surface area contributed by atoms with E-state index in [1.54, 1.807) is 0 Å². The molecule has 0 atom stereocenters. The fourth-order valence-corrected chi connectivity index (χ4v) is 7.27. The Balaban J connectivity index is 1.16. The van der Waals surface area contributed by atoms with Crippen molar-refractivity contribution in [2.75, 3.05) is 0 Å². The number of fused-ring (bicyclic) bond motifs is 5. The van der Waals surface area contributed by atoms with Gasteiger partial charge in [0.2, 0.25) is 0 Å². The third-order valence-electron chi connectivity index (χ3n) is 8.49. The van der Waals surface area contributed by atoms with E-state index < -0.39 is 0 Å². The Bertz CT molecular complexity index is 2550. The standard InChI is InChI=1S/C41H25N3S/c1-2-10-28(11-3-1)39-42-40(33-17-15-27-9-5-7-13-30(27)23-33)44-41(43-39)34-18-20-35-36-24-32(19-21-37(36)45-38(35)25-34)31-16-14-26-8-4-6-12-29(26)22-31/h1-25H. The van der Waals surface area contributed by atoms with Gasteiger partial charge >= 0.3 is 0 Å². The van der Waals surface area contributed by atoms with Crippen molar-refractivity contribution in [1.82, 2.24) is 15.0 Å². The molecule has 0 N–H and O–H groups in total. The first kappa shape index (κ1) is 25.8. The molecule has 4 heteroatoms.